The van der Waals surface area contributed by atoms with E-state index in [1.807, 2.05) is 0 Å². The van der Waals surface area contributed by atoms with E-state index in [0.717, 1.165) is 12.5 Å². The summed E-state index contributed by atoms with van der Waals surface area (Å²) in [7, 11) is 0. The summed E-state index contributed by atoms with van der Waals surface area (Å²) < 4.78 is 0. The van der Waals surface area contributed by atoms with Crippen molar-refractivity contribution in [1.82, 2.24) is 10.6 Å². The molecule has 120 valence electrons. The third-order valence-electron chi connectivity index (χ3n) is 6.07. The Hall–Kier alpha value is -0.570. The van der Waals surface area contributed by atoms with Gasteiger partial charge in [0.05, 0.1) is 0 Å². The summed E-state index contributed by atoms with van der Waals surface area (Å²) in [5.74, 6) is 1.08. The summed E-state index contributed by atoms with van der Waals surface area (Å²) >= 11 is 0. The lowest BCUT2D eigenvalue weighted by atomic mass is 9.43. The molecular weight excluding hydrogens is 260 g/mol. The summed E-state index contributed by atoms with van der Waals surface area (Å²) in [5, 5.41) is 6.82. The average Bonchev–Trinajstić information content (AvgIpc) is 2.21. The predicted molar refractivity (Wildman–Crippen MR) is 86.0 cm³/mol. The maximum Gasteiger partial charge on any atom is 0.221 e. The second-order valence-corrected chi connectivity index (χ2v) is 9.12. The summed E-state index contributed by atoms with van der Waals surface area (Å²) in [5.41, 5.74) is 1.04. The fraction of sp³-hybridized carbons (Fsp3) is 0.944. The molecule has 0 radical (unpaired) electrons. The molecule has 4 rings (SSSR count). The summed E-state index contributed by atoms with van der Waals surface area (Å²) in [6, 6.07) is 0.273. The molecule has 4 saturated carbocycles. The van der Waals surface area contributed by atoms with Gasteiger partial charge in [0.1, 0.15) is 0 Å². The first-order chi connectivity index (χ1) is 9.76. The van der Waals surface area contributed by atoms with Crippen LogP contribution < -0.4 is 10.6 Å². The number of hydrogen-bond donors (Lipinski definition) is 2. The van der Waals surface area contributed by atoms with Crippen LogP contribution in [-0.4, -0.2) is 24.0 Å². The highest BCUT2D eigenvalue weighted by Gasteiger charge is 2.60. The van der Waals surface area contributed by atoms with Gasteiger partial charge in [-0.1, -0.05) is 20.8 Å². The van der Waals surface area contributed by atoms with Gasteiger partial charge in [-0.05, 0) is 68.7 Å². The van der Waals surface area contributed by atoms with E-state index in [0.29, 0.717) is 17.3 Å². The molecular formula is C18H32N2O. The molecule has 2 N–H and O–H groups in total. The van der Waals surface area contributed by atoms with Crippen LogP contribution in [0.25, 0.3) is 0 Å². The molecule has 4 bridgehead atoms. The Morgan fingerprint density at radius 1 is 1.14 bits per heavy atom. The molecule has 21 heavy (non-hydrogen) atoms. The first kappa shape index (κ1) is 15.3. The SMILES string of the molecule is CCNC(C)CC(=O)NC12CC3CC(C)(CC(C)(C3)C1)C2. The van der Waals surface area contributed by atoms with Crippen molar-refractivity contribution in [2.45, 2.75) is 84.2 Å². The smallest absolute Gasteiger partial charge is 0.221 e. The molecule has 0 heterocycles. The fourth-order valence-electron chi connectivity index (χ4n) is 6.63. The highest BCUT2D eigenvalue weighted by molar-refractivity contribution is 5.77. The Morgan fingerprint density at radius 3 is 2.29 bits per heavy atom. The van der Waals surface area contributed by atoms with E-state index in [2.05, 4.69) is 38.3 Å². The van der Waals surface area contributed by atoms with Gasteiger partial charge in [-0.15, -0.1) is 0 Å². The van der Waals surface area contributed by atoms with E-state index in [-0.39, 0.29) is 17.5 Å². The highest BCUT2D eigenvalue weighted by atomic mass is 16.1. The van der Waals surface area contributed by atoms with Crippen molar-refractivity contribution in [2.24, 2.45) is 16.7 Å². The van der Waals surface area contributed by atoms with Crippen LogP contribution in [-0.2, 0) is 4.79 Å². The maximum atomic E-state index is 12.5. The lowest BCUT2D eigenvalue weighted by molar-refractivity contribution is -0.140. The number of rotatable bonds is 5. The average molecular weight is 292 g/mol. The third-order valence-corrected chi connectivity index (χ3v) is 6.07. The quantitative estimate of drug-likeness (QED) is 0.817. The Bertz CT molecular complexity index is 415. The van der Waals surface area contributed by atoms with Crippen LogP contribution in [0.1, 0.15) is 72.6 Å². The van der Waals surface area contributed by atoms with Crippen LogP contribution in [0.3, 0.4) is 0 Å². The minimum absolute atomic E-state index is 0.103. The molecule has 3 nitrogen and oxygen atoms in total. The molecule has 1 amide bonds. The molecule has 3 heteroatoms. The number of nitrogens with one attached hydrogen (secondary N) is 2. The molecule has 4 aliphatic rings. The Kier molecular flexibility index (Phi) is 3.63. The van der Waals surface area contributed by atoms with Gasteiger partial charge in [0.25, 0.3) is 0 Å². The number of hydrogen-bond acceptors (Lipinski definition) is 2. The van der Waals surface area contributed by atoms with Gasteiger partial charge >= 0.3 is 0 Å². The number of carbonyl (C=O) groups is 1. The minimum Gasteiger partial charge on any atom is -0.351 e. The Labute approximate surface area is 129 Å². The van der Waals surface area contributed by atoms with Crippen LogP contribution >= 0.6 is 0 Å². The minimum atomic E-state index is 0.103. The van der Waals surface area contributed by atoms with Gasteiger partial charge in [0.15, 0.2) is 0 Å². The van der Waals surface area contributed by atoms with Crippen molar-refractivity contribution in [3.05, 3.63) is 0 Å². The van der Waals surface area contributed by atoms with Crippen LogP contribution in [0, 0.1) is 16.7 Å². The lowest BCUT2D eigenvalue weighted by Crippen LogP contribution is -2.65. The standard InChI is InChI=1S/C18H32N2O/c1-5-19-13(2)6-15(21)20-18-9-14-7-16(3,11-18)10-17(4,8-14)12-18/h13-14,19H,5-12H2,1-4H3,(H,20,21). The lowest BCUT2D eigenvalue weighted by Gasteiger charge is -2.65. The first-order valence-corrected chi connectivity index (χ1v) is 8.80. The van der Waals surface area contributed by atoms with Gasteiger partial charge in [-0.25, -0.2) is 0 Å². The summed E-state index contributed by atoms with van der Waals surface area (Å²) in [4.78, 5) is 12.5. The molecule has 3 atom stereocenters. The topological polar surface area (TPSA) is 41.1 Å². The highest BCUT2D eigenvalue weighted by Crippen LogP contribution is 2.66. The zero-order chi connectivity index (χ0) is 15.3. The Morgan fingerprint density at radius 2 is 1.76 bits per heavy atom. The van der Waals surface area contributed by atoms with Gasteiger partial charge in [0, 0.05) is 18.0 Å². The van der Waals surface area contributed by atoms with E-state index >= 15 is 0 Å². The molecule has 4 fully saturated rings. The van der Waals surface area contributed by atoms with E-state index in [9.17, 15) is 4.79 Å². The monoisotopic (exact) mass is 292 g/mol. The van der Waals surface area contributed by atoms with Gasteiger partial charge in [0.2, 0.25) is 5.91 Å². The summed E-state index contributed by atoms with van der Waals surface area (Å²) in [6.07, 6.45) is 8.36. The molecule has 0 aromatic carbocycles. The molecule has 4 aliphatic carbocycles. The van der Waals surface area contributed by atoms with Crippen LogP contribution in [0.4, 0.5) is 0 Å². The van der Waals surface area contributed by atoms with Crippen LogP contribution in [0.15, 0.2) is 0 Å². The maximum absolute atomic E-state index is 12.5. The molecule has 0 aliphatic heterocycles. The van der Waals surface area contributed by atoms with E-state index in [1.54, 1.807) is 0 Å². The molecule has 0 aromatic rings. The first-order valence-electron chi connectivity index (χ1n) is 8.80. The van der Waals surface area contributed by atoms with E-state index in [1.165, 1.54) is 38.5 Å². The van der Waals surface area contributed by atoms with Crippen molar-refractivity contribution >= 4 is 5.91 Å². The number of carbonyl (C=O) groups excluding carboxylic acids is 1. The van der Waals surface area contributed by atoms with Crippen molar-refractivity contribution in [3.8, 4) is 0 Å². The molecule has 0 saturated heterocycles. The van der Waals surface area contributed by atoms with E-state index in [4.69, 9.17) is 0 Å². The third kappa shape index (κ3) is 2.99. The molecule has 0 spiro atoms. The largest absolute Gasteiger partial charge is 0.351 e. The second-order valence-electron chi connectivity index (χ2n) is 9.12. The number of amides is 1. The van der Waals surface area contributed by atoms with Crippen LogP contribution in [0.5, 0.6) is 0 Å². The van der Waals surface area contributed by atoms with Gasteiger partial charge in [-0.2, -0.15) is 0 Å². The zero-order valence-electron chi connectivity index (χ0n) is 14.2. The molecule has 0 aromatic heterocycles. The predicted octanol–water partition coefficient (Wildman–Crippen LogP) is 3.24. The van der Waals surface area contributed by atoms with E-state index < -0.39 is 0 Å². The Balaban J connectivity index is 1.69. The van der Waals surface area contributed by atoms with Crippen molar-refractivity contribution < 1.29 is 4.79 Å². The van der Waals surface area contributed by atoms with Crippen molar-refractivity contribution in [2.75, 3.05) is 6.54 Å². The van der Waals surface area contributed by atoms with Crippen molar-refractivity contribution in [3.63, 3.8) is 0 Å². The second kappa shape index (κ2) is 4.97. The van der Waals surface area contributed by atoms with Crippen LogP contribution in [0.2, 0.25) is 0 Å². The zero-order valence-corrected chi connectivity index (χ0v) is 14.2. The van der Waals surface area contributed by atoms with Gasteiger partial charge in [-0.3, -0.25) is 4.79 Å². The van der Waals surface area contributed by atoms with Crippen molar-refractivity contribution in [1.29, 1.82) is 0 Å². The van der Waals surface area contributed by atoms with Gasteiger partial charge < -0.3 is 10.6 Å². The fourth-order valence-corrected chi connectivity index (χ4v) is 6.63. The summed E-state index contributed by atoms with van der Waals surface area (Å²) in [6.45, 7) is 10.0. The molecule has 3 unspecified atom stereocenters. The normalized spacial score (nSPS) is 45.6.